The van der Waals surface area contributed by atoms with Gasteiger partial charge in [-0.1, -0.05) is 12.7 Å². The van der Waals surface area contributed by atoms with Crippen molar-refractivity contribution in [3.63, 3.8) is 0 Å². The number of ether oxygens (including phenoxy) is 1. The number of carbonyl (C=O) groups is 2. The van der Waals surface area contributed by atoms with Crippen LogP contribution in [0, 0.1) is 5.92 Å². The lowest BCUT2D eigenvalue weighted by Crippen LogP contribution is -2.15. The Morgan fingerprint density at radius 1 is 1.62 bits per heavy atom. The van der Waals surface area contributed by atoms with Crippen LogP contribution in [0.15, 0.2) is 24.8 Å². The Balaban J connectivity index is 4.25. The van der Waals surface area contributed by atoms with Gasteiger partial charge in [0.2, 0.25) is 0 Å². The fourth-order valence-corrected chi connectivity index (χ4v) is 0.765. The molecule has 0 aromatic heterocycles. The van der Waals surface area contributed by atoms with Gasteiger partial charge in [0.1, 0.15) is 0 Å². The molecule has 4 nitrogen and oxygen atoms in total. The molecule has 0 aliphatic carbocycles. The summed E-state index contributed by atoms with van der Waals surface area (Å²) in [6, 6.07) is 0. The maximum absolute atomic E-state index is 10.8. The van der Waals surface area contributed by atoms with Crippen molar-refractivity contribution in [1.82, 2.24) is 0 Å². The minimum Gasteiger partial charge on any atom is -0.481 e. The number of hydrogen-bond donors (Lipinski definition) is 1. The first kappa shape index (κ1) is 11.4. The summed E-state index contributed by atoms with van der Waals surface area (Å²) in [7, 11) is 1.22. The zero-order valence-corrected chi connectivity index (χ0v) is 7.45. The van der Waals surface area contributed by atoms with E-state index in [1.807, 2.05) is 0 Å². The monoisotopic (exact) mass is 184 g/mol. The summed E-state index contributed by atoms with van der Waals surface area (Å²) in [6.45, 7) is 6.76. The second-order valence-corrected chi connectivity index (χ2v) is 2.48. The molecule has 0 saturated carbocycles. The van der Waals surface area contributed by atoms with Crippen molar-refractivity contribution >= 4 is 11.9 Å². The van der Waals surface area contributed by atoms with E-state index >= 15 is 0 Å². The Labute approximate surface area is 76.5 Å². The Kier molecular flexibility index (Phi) is 4.51. The molecule has 1 N–H and O–H groups in total. The Morgan fingerprint density at radius 2 is 2.15 bits per heavy atom. The number of aliphatic carboxylic acids is 1. The highest BCUT2D eigenvalue weighted by Gasteiger charge is 2.18. The number of carbonyl (C=O) groups excluding carboxylic acids is 1. The largest absolute Gasteiger partial charge is 0.481 e. The average molecular weight is 184 g/mol. The molecule has 0 bridgehead atoms. The van der Waals surface area contributed by atoms with E-state index in [1.165, 1.54) is 13.2 Å². The zero-order valence-electron chi connectivity index (χ0n) is 7.45. The highest BCUT2D eigenvalue weighted by molar-refractivity contribution is 5.88. The van der Waals surface area contributed by atoms with E-state index < -0.39 is 17.9 Å². The summed E-state index contributed by atoms with van der Waals surface area (Å²) >= 11 is 0. The van der Waals surface area contributed by atoms with Gasteiger partial charge in [0.25, 0.3) is 0 Å². The zero-order chi connectivity index (χ0) is 10.4. The topological polar surface area (TPSA) is 63.6 Å². The summed E-state index contributed by atoms with van der Waals surface area (Å²) in [6.07, 6.45) is 1.29. The van der Waals surface area contributed by atoms with Crippen molar-refractivity contribution in [2.45, 2.75) is 6.42 Å². The second-order valence-electron chi connectivity index (χ2n) is 2.48. The van der Waals surface area contributed by atoms with Crippen LogP contribution in [0.25, 0.3) is 0 Å². The Bertz CT molecular complexity index is 242. The molecule has 72 valence electrons. The maximum Gasteiger partial charge on any atom is 0.333 e. The number of esters is 1. The number of carboxylic acid groups (broad SMARTS) is 1. The number of rotatable bonds is 5. The average Bonchev–Trinajstić information content (AvgIpc) is 2.11. The lowest BCUT2D eigenvalue weighted by molar-refractivity contribution is -0.140. The van der Waals surface area contributed by atoms with Crippen LogP contribution in [0.4, 0.5) is 0 Å². The lowest BCUT2D eigenvalue weighted by Gasteiger charge is -2.07. The molecule has 1 atom stereocenters. The van der Waals surface area contributed by atoms with E-state index in [-0.39, 0.29) is 12.0 Å². The van der Waals surface area contributed by atoms with Gasteiger partial charge in [-0.05, 0) is 6.42 Å². The van der Waals surface area contributed by atoms with Gasteiger partial charge in [0.15, 0.2) is 0 Å². The molecule has 0 radical (unpaired) electrons. The number of carboxylic acids is 1. The SMILES string of the molecule is C=CC(CC(=C)C(=O)OC)C(=O)O. The predicted octanol–water partition coefficient (Wildman–Crippen LogP) is 0.992. The van der Waals surface area contributed by atoms with Crippen LogP contribution in [-0.4, -0.2) is 24.2 Å². The summed E-state index contributed by atoms with van der Waals surface area (Å²) in [5.74, 6) is -2.40. The molecule has 0 aliphatic heterocycles. The first-order valence-electron chi connectivity index (χ1n) is 3.64. The van der Waals surface area contributed by atoms with Crippen LogP contribution in [0.5, 0.6) is 0 Å². The molecule has 13 heavy (non-hydrogen) atoms. The summed E-state index contributed by atoms with van der Waals surface area (Å²) < 4.78 is 4.37. The molecule has 0 aromatic carbocycles. The lowest BCUT2D eigenvalue weighted by atomic mass is 10.0. The van der Waals surface area contributed by atoms with Crippen molar-refractivity contribution in [2.75, 3.05) is 7.11 Å². The van der Waals surface area contributed by atoms with Crippen LogP contribution in [-0.2, 0) is 14.3 Å². The van der Waals surface area contributed by atoms with E-state index in [9.17, 15) is 9.59 Å². The minimum absolute atomic E-state index is 0.0332. The molecule has 0 aliphatic rings. The maximum atomic E-state index is 10.8. The molecule has 0 spiro atoms. The summed E-state index contributed by atoms with van der Waals surface area (Å²) in [5.41, 5.74) is 0.134. The third-order valence-corrected chi connectivity index (χ3v) is 1.54. The molecule has 0 saturated heterocycles. The van der Waals surface area contributed by atoms with Gasteiger partial charge < -0.3 is 9.84 Å². The molecule has 1 unspecified atom stereocenters. The van der Waals surface area contributed by atoms with Crippen LogP contribution >= 0.6 is 0 Å². The van der Waals surface area contributed by atoms with Crippen molar-refractivity contribution < 1.29 is 19.4 Å². The Morgan fingerprint density at radius 3 is 2.46 bits per heavy atom. The quantitative estimate of drug-likeness (QED) is 0.393. The van der Waals surface area contributed by atoms with Crippen molar-refractivity contribution in [2.24, 2.45) is 5.92 Å². The van der Waals surface area contributed by atoms with Gasteiger partial charge in [0, 0.05) is 5.57 Å². The van der Waals surface area contributed by atoms with Crippen LogP contribution < -0.4 is 0 Å². The number of hydrogen-bond acceptors (Lipinski definition) is 3. The molecule has 0 heterocycles. The molecule has 0 fully saturated rings. The Hall–Kier alpha value is -1.58. The van der Waals surface area contributed by atoms with E-state index in [0.717, 1.165) is 0 Å². The van der Waals surface area contributed by atoms with E-state index in [0.29, 0.717) is 0 Å². The fourth-order valence-electron chi connectivity index (χ4n) is 0.765. The predicted molar refractivity (Wildman–Crippen MR) is 47.1 cm³/mol. The minimum atomic E-state index is -1.03. The van der Waals surface area contributed by atoms with Gasteiger partial charge >= 0.3 is 11.9 Å². The van der Waals surface area contributed by atoms with E-state index in [2.05, 4.69) is 17.9 Å². The van der Waals surface area contributed by atoms with Crippen LogP contribution in [0.2, 0.25) is 0 Å². The molecule has 4 heteroatoms. The van der Waals surface area contributed by atoms with Crippen LogP contribution in [0.3, 0.4) is 0 Å². The molecular weight excluding hydrogens is 172 g/mol. The normalized spacial score (nSPS) is 11.5. The number of methoxy groups -OCH3 is 1. The molecular formula is C9H12O4. The second kappa shape index (κ2) is 5.13. The van der Waals surface area contributed by atoms with E-state index in [4.69, 9.17) is 5.11 Å². The summed E-state index contributed by atoms with van der Waals surface area (Å²) in [4.78, 5) is 21.3. The first-order valence-corrected chi connectivity index (χ1v) is 3.64. The highest BCUT2D eigenvalue weighted by Crippen LogP contribution is 2.12. The van der Waals surface area contributed by atoms with Gasteiger partial charge in [-0.2, -0.15) is 0 Å². The van der Waals surface area contributed by atoms with Gasteiger partial charge in [-0.15, -0.1) is 6.58 Å². The van der Waals surface area contributed by atoms with Gasteiger partial charge in [-0.3, -0.25) is 4.79 Å². The molecule has 0 aromatic rings. The van der Waals surface area contributed by atoms with E-state index in [1.54, 1.807) is 0 Å². The van der Waals surface area contributed by atoms with Crippen LogP contribution in [0.1, 0.15) is 6.42 Å². The van der Waals surface area contributed by atoms with Crippen molar-refractivity contribution in [3.8, 4) is 0 Å². The van der Waals surface area contributed by atoms with Gasteiger partial charge in [-0.25, -0.2) is 4.79 Å². The molecule has 0 rings (SSSR count). The highest BCUT2D eigenvalue weighted by atomic mass is 16.5. The standard InChI is InChI=1S/C9H12O4/c1-4-7(8(10)11)5-6(2)9(12)13-3/h4,7H,1-2,5H2,3H3,(H,10,11). The van der Waals surface area contributed by atoms with Gasteiger partial charge in [0.05, 0.1) is 13.0 Å². The fraction of sp³-hybridized carbons (Fsp3) is 0.333. The first-order chi connectivity index (χ1) is 6.02. The third kappa shape index (κ3) is 3.55. The smallest absolute Gasteiger partial charge is 0.333 e. The van der Waals surface area contributed by atoms with Crippen molar-refractivity contribution in [3.05, 3.63) is 24.8 Å². The summed E-state index contributed by atoms with van der Waals surface area (Å²) in [5, 5.41) is 8.61. The third-order valence-electron chi connectivity index (χ3n) is 1.54. The molecule has 0 amide bonds. The van der Waals surface area contributed by atoms with Crippen molar-refractivity contribution in [1.29, 1.82) is 0 Å².